The van der Waals surface area contributed by atoms with Gasteiger partial charge in [0.25, 0.3) is 0 Å². The molecule has 0 aliphatic carbocycles. The maximum Gasteiger partial charge on any atom is 0.416 e. The second-order valence-electron chi connectivity index (χ2n) is 8.09. The first-order valence-electron chi connectivity index (χ1n) is 9.16. The van der Waals surface area contributed by atoms with Crippen molar-refractivity contribution >= 4 is 40.1 Å². The molecule has 0 spiro atoms. The van der Waals surface area contributed by atoms with Gasteiger partial charge in [-0.2, -0.15) is 13.2 Å². The summed E-state index contributed by atoms with van der Waals surface area (Å²) < 4.78 is 44.7. The Hall–Kier alpha value is -2.18. The minimum Gasteiger partial charge on any atom is -0.456 e. The number of alkyl halides is 3. The number of H-pyrrole nitrogens is 1. The first kappa shape index (κ1) is 22.5. The zero-order valence-electron chi connectivity index (χ0n) is 16.8. The topological polar surface area (TPSA) is 42.1 Å². The summed E-state index contributed by atoms with van der Waals surface area (Å²) >= 11 is 12.8. The van der Waals surface area contributed by atoms with Crippen molar-refractivity contribution in [2.75, 3.05) is 0 Å². The van der Waals surface area contributed by atoms with Crippen LogP contribution in [0.1, 0.15) is 53.4 Å². The van der Waals surface area contributed by atoms with E-state index < -0.39 is 23.3 Å². The van der Waals surface area contributed by atoms with Gasteiger partial charge in [-0.3, -0.25) is 0 Å². The van der Waals surface area contributed by atoms with Crippen molar-refractivity contribution in [1.29, 1.82) is 0 Å². The number of aryl methyl sites for hydroxylation is 1. The zero-order valence-corrected chi connectivity index (χ0v) is 18.3. The molecule has 0 bridgehead atoms. The summed E-state index contributed by atoms with van der Waals surface area (Å²) in [6.07, 6.45) is -2.57. The second kappa shape index (κ2) is 7.82. The smallest absolute Gasteiger partial charge is 0.416 e. The average Bonchev–Trinajstić information content (AvgIpc) is 2.99. The highest BCUT2D eigenvalue weighted by Gasteiger charge is 2.31. The van der Waals surface area contributed by atoms with E-state index in [1.165, 1.54) is 6.07 Å². The van der Waals surface area contributed by atoms with Crippen molar-refractivity contribution in [3.63, 3.8) is 0 Å². The predicted octanol–water partition coefficient (Wildman–Crippen LogP) is 7.35. The molecule has 0 unspecified atom stereocenters. The highest BCUT2D eigenvalue weighted by Crippen LogP contribution is 2.37. The van der Waals surface area contributed by atoms with E-state index in [0.717, 1.165) is 17.7 Å². The van der Waals surface area contributed by atoms with E-state index in [4.69, 9.17) is 27.9 Å². The number of nitrogens with one attached hydrogen (secondary N) is 1. The van der Waals surface area contributed by atoms with Gasteiger partial charge in [-0.25, -0.2) is 4.79 Å². The SMILES string of the molecule is Cc1cc(C(F)(F)F)cc2[nH]cc(Cc3c(Cl)ccc(C(=O)OC(C)(C)C)c3Cl)c12. The Labute approximate surface area is 182 Å². The number of fused-ring (bicyclic) bond motifs is 1. The van der Waals surface area contributed by atoms with E-state index in [2.05, 4.69) is 4.98 Å². The lowest BCUT2D eigenvalue weighted by molar-refractivity contribution is -0.137. The molecule has 1 aromatic heterocycles. The number of hydrogen-bond donors (Lipinski definition) is 1. The Morgan fingerprint density at radius 3 is 2.40 bits per heavy atom. The Bertz CT molecular complexity index is 1130. The zero-order chi connectivity index (χ0) is 22.4. The number of ether oxygens (including phenoxy) is 1. The number of halogens is 5. The number of hydrogen-bond acceptors (Lipinski definition) is 2. The quantitative estimate of drug-likeness (QED) is 0.417. The largest absolute Gasteiger partial charge is 0.456 e. The van der Waals surface area contributed by atoms with Gasteiger partial charge in [-0.05, 0) is 68.7 Å². The highest BCUT2D eigenvalue weighted by molar-refractivity contribution is 6.38. The van der Waals surface area contributed by atoms with Crippen LogP contribution in [-0.4, -0.2) is 16.6 Å². The molecular weight excluding hydrogens is 438 g/mol. The van der Waals surface area contributed by atoms with Crippen molar-refractivity contribution in [3.05, 3.63) is 68.3 Å². The molecule has 3 nitrogen and oxygen atoms in total. The standard InChI is InChI=1S/C22H20Cl2F3NO2/c1-11-7-13(22(25,26)27)9-17-18(11)12(10-28-17)8-15-16(23)6-5-14(19(15)24)20(29)30-21(2,3)4/h5-7,9-10,28H,8H2,1-4H3. The van der Waals surface area contributed by atoms with Crippen LogP contribution >= 0.6 is 23.2 Å². The molecule has 2 aromatic carbocycles. The Kier molecular flexibility index (Phi) is 5.87. The van der Waals surface area contributed by atoms with Crippen LogP contribution in [-0.2, 0) is 17.3 Å². The fourth-order valence-corrected chi connectivity index (χ4v) is 3.89. The molecule has 30 heavy (non-hydrogen) atoms. The number of aromatic amines is 1. The fraction of sp³-hybridized carbons (Fsp3) is 0.318. The van der Waals surface area contributed by atoms with Crippen molar-refractivity contribution in [3.8, 4) is 0 Å². The van der Waals surface area contributed by atoms with Gasteiger partial charge in [-0.1, -0.05) is 23.2 Å². The molecule has 0 saturated heterocycles. The van der Waals surface area contributed by atoms with E-state index in [9.17, 15) is 18.0 Å². The van der Waals surface area contributed by atoms with Crippen LogP contribution in [0.4, 0.5) is 13.2 Å². The van der Waals surface area contributed by atoms with Gasteiger partial charge in [0.15, 0.2) is 0 Å². The van der Waals surface area contributed by atoms with Crippen LogP contribution in [0.5, 0.6) is 0 Å². The van der Waals surface area contributed by atoms with Gasteiger partial charge in [-0.15, -0.1) is 0 Å². The number of esters is 1. The lowest BCUT2D eigenvalue weighted by Gasteiger charge is -2.20. The summed E-state index contributed by atoms with van der Waals surface area (Å²) in [4.78, 5) is 15.4. The third-order valence-electron chi connectivity index (χ3n) is 4.56. The van der Waals surface area contributed by atoms with Crippen LogP contribution in [0, 0.1) is 6.92 Å². The van der Waals surface area contributed by atoms with Crippen LogP contribution in [0.3, 0.4) is 0 Å². The van der Waals surface area contributed by atoms with Gasteiger partial charge in [0.05, 0.1) is 16.1 Å². The Morgan fingerprint density at radius 1 is 1.13 bits per heavy atom. The minimum atomic E-state index is -4.43. The molecule has 1 N–H and O–H groups in total. The minimum absolute atomic E-state index is 0.163. The maximum absolute atomic E-state index is 13.1. The lowest BCUT2D eigenvalue weighted by Crippen LogP contribution is -2.24. The van der Waals surface area contributed by atoms with Crippen molar-refractivity contribution < 1.29 is 22.7 Å². The number of carbonyl (C=O) groups excluding carboxylic acids is 1. The monoisotopic (exact) mass is 457 g/mol. The van der Waals surface area contributed by atoms with E-state index >= 15 is 0 Å². The second-order valence-corrected chi connectivity index (χ2v) is 8.88. The molecule has 160 valence electrons. The summed E-state index contributed by atoms with van der Waals surface area (Å²) in [6, 6.07) is 5.25. The first-order chi connectivity index (χ1) is 13.8. The van der Waals surface area contributed by atoms with Gasteiger partial charge < -0.3 is 9.72 Å². The van der Waals surface area contributed by atoms with E-state index in [1.807, 2.05) is 0 Å². The number of benzene rings is 2. The van der Waals surface area contributed by atoms with Crippen molar-refractivity contribution in [1.82, 2.24) is 4.98 Å². The van der Waals surface area contributed by atoms with Gasteiger partial charge in [0.1, 0.15) is 5.60 Å². The lowest BCUT2D eigenvalue weighted by atomic mass is 9.98. The average molecular weight is 458 g/mol. The van der Waals surface area contributed by atoms with E-state index in [-0.39, 0.29) is 17.0 Å². The molecular formula is C22H20Cl2F3NO2. The summed E-state index contributed by atoms with van der Waals surface area (Å²) in [7, 11) is 0. The molecule has 0 aliphatic heterocycles. The predicted molar refractivity (Wildman–Crippen MR) is 112 cm³/mol. The van der Waals surface area contributed by atoms with Gasteiger partial charge in [0.2, 0.25) is 0 Å². The highest BCUT2D eigenvalue weighted by atomic mass is 35.5. The van der Waals surface area contributed by atoms with Gasteiger partial charge in [0, 0.05) is 28.5 Å². The summed E-state index contributed by atoms with van der Waals surface area (Å²) in [5, 5.41) is 1.18. The Morgan fingerprint density at radius 2 is 1.80 bits per heavy atom. The molecule has 0 amide bonds. The summed E-state index contributed by atoms with van der Waals surface area (Å²) in [6.45, 7) is 6.87. The van der Waals surface area contributed by atoms with E-state index in [0.29, 0.717) is 27.1 Å². The molecule has 8 heteroatoms. The van der Waals surface area contributed by atoms with Crippen LogP contribution in [0.15, 0.2) is 30.5 Å². The summed E-state index contributed by atoms with van der Waals surface area (Å²) in [5.74, 6) is -0.574. The van der Waals surface area contributed by atoms with Crippen LogP contribution in [0.25, 0.3) is 10.9 Å². The third-order valence-corrected chi connectivity index (χ3v) is 5.34. The summed E-state index contributed by atoms with van der Waals surface area (Å²) in [5.41, 5.74) is 0.846. The molecule has 0 atom stereocenters. The molecule has 1 heterocycles. The maximum atomic E-state index is 13.1. The van der Waals surface area contributed by atoms with Crippen LogP contribution in [0.2, 0.25) is 10.0 Å². The van der Waals surface area contributed by atoms with Crippen molar-refractivity contribution in [2.24, 2.45) is 0 Å². The number of rotatable bonds is 3. The Balaban J connectivity index is 2.04. The molecule has 3 rings (SSSR count). The van der Waals surface area contributed by atoms with E-state index in [1.54, 1.807) is 40.0 Å². The van der Waals surface area contributed by atoms with Gasteiger partial charge >= 0.3 is 12.1 Å². The normalized spacial score (nSPS) is 12.4. The third kappa shape index (κ3) is 4.60. The van der Waals surface area contributed by atoms with Crippen LogP contribution < -0.4 is 0 Å². The molecule has 0 saturated carbocycles. The first-order valence-corrected chi connectivity index (χ1v) is 9.91. The molecule has 0 aliphatic rings. The van der Waals surface area contributed by atoms with Crippen molar-refractivity contribution in [2.45, 2.75) is 45.9 Å². The molecule has 0 fully saturated rings. The fourth-order valence-electron chi connectivity index (χ4n) is 3.31. The number of carbonyl (C=O) groups is 1. The number of aromatic nitrogens is 1. The molecule has 0 radical (unpaired) electrons. The molecule has 3 aromatic rings.